The summed E-state index contributed by atoms with van der Waals surface area (Å²) in [6, 6.07) is 6.48. The summed E-state index contributed by atoms with van der Waals surface area (Å²) in [5.41, 5.74) is 3.73. The van der Waals surface area contributed by atoms with Gasteiger partial charge in [0.1, 0.15) is 11.5 Å². The first-order valence-electron chi connectivity index (χ1n) is 6.75. The summed E-state index contributed by atoms with van der Waals surface area (Å²) in [5, 5.41) is 0. The molecule has 0 saturated heterocycles. The second-order valence-corrected chi connectivity index (χ2v) is 4.81. The number of rotatable bonds is 5. The van der Waals surface area contributed by atoms with Crippen LogP contribution in [0, 0.1) is 0 Å². The lowest BCUT2D eigenvalue weighted by Gasteiger charge is -2.18. The van der Waals surface area contributed by atoms with Crippen LogP contribution in [0.3, 0.4) is 0 Å². The Morgan fingerprint density at radius 2 is 1.00 bits per heavy atom. The van der Waals surface area contributed by atoms with Gasteiger partial charge in [0.25, 0.3) is 0 Å². The van der Waals surface area contributed by atoms with Gasteiger partial charge in [0.05, 0.1) is 11.4 Å². The van der Waals surface area contributed by atoms with E-state index in [1.54, 1.807) is 0 Å². The topological polar surface area (TPSA) is 94.6 Å². The van der Waals surface area contributed by atoms with Crippen LogP contribution in [-0.2, 0) is 0 Å². The number of benzene rings is 2. The largest absolute Gasteiger partial charge is 0.573 e. The van der Waals surface area contributed by atoms with Crippen molar-refractivity contribution in [3.8, 4) is 22.6 Å². The van der Waals surface area contributed by atoms with Crippen LogP contribution in [0.15, 0.2) is 36.4 Å². The molecule has 0 spiro atoms. The number of halogens is 6. The fraction of sp³-hybridized carbons (Fsp3) is 0.143. The summed E-state index contributed by atoms with van der Waals surface area (Å²) >= 11 is 0. The van der Waals surface area contributed by atoms with Gasteiger partial charge in [-0.05, 0) is 24.3 Å². The van der Waals surface area contributed by atoms with Crippen LogP contribution < -0.4 is 32.0 Å². The summed E-state index contributed by atoms with van der Waals surface area (Å²) in [4.78, 5) is 0. The van der Waals surface area contributed by atoms with Crippen LogP contribution in [0.25, 0.3) is 11.1 Å². The Labute approximate surface area is 142 Å². The lowest BCUT2D eigenvalue weighted by atomic mass is 10.0. The summed E-state index contributed by atoms with van der Waals surface area (Å²) in [6.45, 7) is 0. The Kier molecular flexibility index (Phi) is 5.37. The minimum Gasteiger partial charge on any atom is -0.405 e. The zero-order valence-electron chi connectivity index (χ0n) is 12.7. The average Bonchev–Trinajstić information content (AvgIpc) is 2.52. The fourth-order valence-electron chi connectivity index (χ4n) is 2.09. The lowest BCUT2D eigenvalue weighted by molar-refractivity contribution is -0.276. The molecular weight excluding hydrogens is 370 g/mol. The van der Waals surface area contributed by atoms with Gasteiger partial charge in [-0.3, -0.25) is 11.7 Å². The van der Waals surface area contributed by atoms with Gasteiger partial charge in [-0.25, -0.2) is 0 Å². The van der Waals surface area contributed by atoms with E-state index in [9.17, 15) is 26.3 Å². The molecule has 0 fully saturated rings. The van der Waals surface area contributed by atoms with Gasteiger partial charge in [0.2, 0.25) is 0 Å². The number of anilines is 2. The minimum absolute atomic E-state index is 0.0477. The van der Waals surface area contributed by atoms with Gasteiger partial charge in [0, 0.05) is 23.3 Å². The quantitative estimate of drug-likeness (QED) is 0.358. The zero-order valence-corrected chi connectivity index (χ0v) is 12.7. The van der Waals surface area contributed by atoms with Crippen molar-refractivity contribution >= 4 is 11.4 Å². The number of nitrogens with one attached hydrogen (secondary N) is 2. The molecule has 0 saturated carbocycles. The second-order valence-electron chi connectivity index (χ2n) is 4.81. The molecule has 0 aliphatic carbocycles. The Balaban J connectivity index is 2.62. The Morgan fingerprint density at radius 1 is 0.654 bits per heavy atom. The van der Waals surface area contributed by atoms with Crippen molar-refractivity contribution in [2.75, 3.05) is 10.9 Å². The number of nitrogen functional groups attached to an aromatic ring is 2. The van der Waals surface area contributed by atoms with E-state index in [0.29, 0.717) is 0 Å². The molecule has 0 heterocycles. The van der Waals surface area contributed by atoms with E-state index in [0.717, 1.165) is 24.3 Å². The number of hydrogen-bond donors (Lipinski definition) is 4. The van der Waals surface area contributed by atoms with Crippen molar-refractivity contribution in [2.45, 2.75) is 12.7 Å². The van der Waals surface area contributed by atoms with E-state index in [-0.39, 0.29) is 22.5 Å². The number of ether oxygens (including phenoxy) is 2. The van der Waals surface area contributed by atoms with E-state index in [1.807, 2.05) is 0 Å². The average molecular weight is 382 g/mol. The summed E-state index contributed by atoms with van der Waals surface area (Å²) in [6.07, 6.45) is -10.2. The van der Waals surface area contributed by atoms with Gasteiger partial charge in [-0.15, -0.1) is 26.3 Å². The highest BCUT2D eigenvalue weighted by Crippen LogP contribution is 2.42. The van der Waals surface area contributed by atoms with E-state index < -0.39 is 24.2 Å². The first-order valence-corrected chi connectivity index (χ1v) is 6.75. The van der Waals surface area contributed by atoms with Crippen LogP contribution in [0.4, 0.5) is 37.7 Å². The normalized spacial score (nSPS) is 11.8. The lowest BCUT2D eigenvalue weighted by Crippen LogP contribution is -2.19. The summed E-state index contributed by atoms with van der Waals surface area (Å²) < 4.78 is 83.7. The van der Waals surface area contributed by atoms with Crippen molar-refractivity contribution in [3.05, 3.63) is 36.4 Å². The molecular formula is C14H12F6N4O2. The number of alkyl halides is 6. The summed E-state index contributed by atoms with van der Waals surface area (Å²) in [7, 11) is 0. The fourth-order valence-corrected chi connectivity index (χ4v) is 2.09. The van der Waals surface area contributed by atoms with Crippen molar-refractivity contribution in [2.24, 2.45) is 11.7 Å². The molecule has 26 heavy (non-hydrogen) atoms. The maximum Gasteiger partial charge on any atom is 0.573 e. The SMILES string of the molecule is NNc1ccc(-c2ccc(NN)cc2OC(F)(F)F)c(OC(F)(F)F)c1. The third-order valence-corrected chi connectivity index (χ3v) is 3.04. The first kappa shape index (κ1) is 19.5. The van der Waals surface area contributed by atoms with Gasteiger partial charge < -0.3 is 20.3 Å². The van der Waals surface area contributed by atoms with Crippen molar-refractivity contribution < 1.29 is 35.8 Å². The van der Waals surface area contributed by atoms with Crippen molar-refractivity contribution in [3.63, 3.8) is 0 Å². The predicted octanol–water partition coefficient (Wildman–Crippen LogP) is 3.72. The van der Waals surface area contributed by atoms with Gasteiger partial charge in [-0.1, -0.05) is 0 Å². The van der Waals surface area contributed by atoms with Crippen LogP contribution in [0.5, 0.6) is 11.5 Å². The predicted molar refractivity (Wildman–Crippen MR) is 80.9 cm³/mol. The van der Waals surface area contributed by atoms with Crippen LogP contribution in [0.1, 0.15) is 0 Å². The Morgan fingerprint density at radius 3 is 1.27 bits per heavy atom. The molecule has 0 radical (unpaired) electrons. The molecule has 6 N–H and O–H groups in total. The maximum absolute atomic E-state index is 12.7. The molecule has 6 nitrogen and oxygen atoms in total. The zero-order chi connectivity index (χ0) is 19.5. The van der Waals surface area contributed by atoms with Gasteiger partial charge >= 0.3 is 12.7 Å². The van der Waals surface area contributed by atoms with E-state index in [4.69, 9.17) is 11.7 Å². The van der Waals surface area contributed by atoms with Crippen LogP contribution in [-0.4, -0.2) is 12.7 Å². The second kappa shape index (κ2) is 7.17. The monoisotopic (exact) mass is 382 g/mol. The minimum atomic E-state index is -5.08. The standard InChI is InChI=1S/C14H12F6N4O2/c15-13(16,17)25-11-5-7(23-21)1-3-9(11)10-4-2-8(24-22)6-12(10)26-14(18,19)20/h1-6,23-24H,21-22H2. The molecule has 142 valence electrons. The van der Waals surface area contributed by atoms with Crippen molar-refractivity contribution in [1.29, 1.82) is 0 Å². The number of nitrogens with two attached hydrogens (primary N) is 2. The molecule has 2 aromatic carbocycles. The third-order valence-electron chi connectivity index (χ3n) is 3.04. The highest BCUT2D eigenvalue weighted by Gasteiger charge is 2.35. The molecule has 2 aromatic rings. The van der Waals surface area contributed by atoms with Gasteiger partial charge in [0.15, 0.2) is 0 Å². The van der Waals surface area contributed by atoms with E-state index in [1.165, 1.54) is 12.1 Å². The highest BCUT2D eigenvalue weighted by atomic mass is 19.4. The van der Waals surface area contributed by atoms with E-state index in [2.05, 4.69) is 20.3 Å². The molecule has 0 atom stereocenters. The Hall–Kier alpha value is -2.86. The van der Waals surface area contributed by atoms with Crippen LogP contribution >= 0.6 is 0 Å². The molecule has 0 aliphatic heterocycles. The first-order chi connectivity index (χ1) is 12.0. The van der Waals surface area contributed by atoms with E-state index >= 15 is 0 Å². The molecule has 12 heteroatoms. The number of hydrogen-bond acceptors (Lipinski definition) is 6. The molecule has 2 rings (SSSR count). The van der Waals surface area contributed by atoms with Gasteiger partial charge in [-0.2, -0.15) is 0 Å². The maximum atomic E-state index is 12.7. The molecule has 0 unspecified atom stereocenters. The smallest absolute Gasteiger partial charge is 0.405 e. The summed E-state index contributed by atoms with van der Waals surface area (Å²) in [5.74, 6) is 8.74. The number of hydrazine groups is 2. The Bertz CT molecular complexity index is 714. The third kappa shape index (κ3) is 5.07. The molecule has 0 bridgehead atoms. The molecule has 0 aromatic heterocycles. The highest BCUT2D eigenvalue weighted by molar-refractivity contribution is 5.79. The van der Waals surface area contributed by atoms with Crippen LogP contribution in [0.2, 0.25) is 0 Å². The van der Waals surface area contributed by atoms with Crippen molar-refractivity contribution in [1.82, 2.24) is 0 Å². The molecule has 0 amide bonds. The molecule has 0 aliphatic rings.